The molecule has 0 aliphatic rings. The zero-order valence-electron chi connectivity index (χ0n) is 12.2. The van der Waals surface area contributed by atoms with E-state index in [-0.39, 0.29) is 23.0 Å². The Morgan fingerprint density at radius 2 is 2.11 bits per heavy atom. The van der Waals surface area contributed by atoms with Crippen LogP contribution in [0.15, 0.2) is 12.5 Å². The molecule has 0 fully saturated rings. The molecule has 1 aromatic rings. The lowest BCUT2D eigenvalue weighted by atomic mass is 10.2. The Morgan fingerprint density at radius 1 is 1.37 bits per heavy atom. The van der Waals surface area contributed by atoms with Crippen LogP contribution in [0.2, 0.25) is 0 Å². The second kappa shape index (κ2) is 10.0. The Balaban J connectivity index is 0.00000324. The highest BCUT2D eigenvalue weighted by atomic mass is 79.9. The van der Waals surface area contributed by atoms with E-state index in [1.165, 1.54) is 32.1 Å². The first-order valence-corrected chi connectivity index (χ1v) is 6.86. The molecular formula is C14H25BrN2O2. The maximum atomic E-state index is 11.2. The quantitative estimate of drug-likeness (QED) is 0.351. The summed E-state index contributed by atoms with van der Waals surface area (Å²) in [5, 5.41) is 0. The van der Waals surface area contributed by atoms with E-state index >= 15 is 0 Å². The number of rotatable bonds is 8. The number of methoxy groups -OCH3 is 1. The van der Waals surface area contributed by atoms with Crippen molar-refractivity contribution in [1.29, 1.82) is 0 Å². The van der Waals surface area contributed by atoms with Gasteiger partial charge in [-0.1, -0.05) is 13.3 Å². The minimum absolute atomic E-state index is 0. The highest BCUT2D eigenvalue weighted by Crippen LogP contribution is 2.04. The number of aryl methyl sites for hydroxylation is 3. The predicted molar refractivity (Wildman–Crippen MR) is 70.2 cm³/mol. The van der Waals surface area contributed by atoms with Gasteiger partial charge in [-0.2, -0.15) is 0 Å². The summed E-state index contributed by atoms with van der Waals surface area (Å²) in [5.74, 6) is -0.142. The summed E-state index contributed by atoms with van der Waals surface area (Å²) < 4.78 is 9.11. The first-order chi connectivity index (χ1) is 8.71. The van der Waals surface area contributed by atoms with Gasteiger partial charge in [0.25, 0.3) is 0 Å². The summed E-state index contributed by atoms with van der Waals surface area (Å²) in [7, 11) is 1.44. The van der Waals surface area contributed by atoms with E-state index in [0.29, 0.717) is 6.42 Å². The maximum Gasteiger partial charge on any atom is 0.305 e. The number of esters is 1. The van der Waals surface area contributed by atoms with Gasteiger partial charge in [-0.25, -0.2) is 9.13 Å². The smallest absolute Gasteiger partial charge is 0.305 e. The van der Waals surface area contributed by atoms with Crippen LogP contribution in [0.25, 0.3) is 0 Å². The molecule has 0 amide bonds. The lowest BCUT2D eigenvalue weighted by molar-refractivity contribution is -0.697. The van der Waals surface area contributed by atoms with Crippen LogP contribution in [-0.2, 0) is 29.0 Å². The van der Waals surface area contributed by atoms with E-state index in [1.54, 1.807) is 0 Å². The summed E-state index contributed by atoms with van der Waals surface area (Å²) in [4.78, 5) is 11.2. The molecule has 1 heterocycles. The number of nitrogens with zero attached hydrogens (tertiary/aromatic N) is 2. The molecule has 0 atom stereocenters. The van der Waals surface area contributed by atoms with E-state index in [9.17, 15) is 4.79 Å². The van der Waals surface area contributed by atoms with Crippen molar-refractivity contribution in [3.05, 3.63) is 18.2 Å². The van der Waals surface area contributed by atoms with E-state index in [4.69, 9.17) is 0 Å². The molecule has 0 saturated carbocycles. The molecule has 0 aromatic carbocycles. The number of carbonyl (C=O) groups excluding carboxylic acids is 1. The van der Waals surface area contributed by atoms with E-state index in [1.807, 2.05) is 0 Å². The van der Waals surface area contributed by atoms with E-state index in [0.717, 1.165) is 19.5 Å². The number of imidazole rings is 1. The van der Waals surface area contributed by atoms with Crippen molar-refractivity contribution in [3.8, 4) is 0 Å². The molecule has 110 valence electrons. The fourth-order valence-corrected chi connectivity index (χ4v) is 2.04. The minimum atomic E-state index is -0.142. The number of hydrogen-bond acceptors (Lipinski definition) is 2. The van der Waals surface area contributed by atoms with Gasteiger partial charge < -0.3 is 21.7 Å². The number of halogens is 1. The third kappa shape index (κ3) is 6.23. The number of hydrogen-bond donors (Lipinski definition) is 0. The van der Waals surface area contributed by atoms with Crippen LogP contribution < -0.4 is 21.5 Å². The summed E-state index contributed by atoms with van der Waals surface area (Å²) >= 11 is 0. The Kier molecular flexibility index (Phi) is 9.57. The van der Waals surface area contributed by atoms with Crippen molar-refractivity contribution in [2.24, 2.45) is 0 Å². The van der Waals surface area contributed by atoms with Crippen molar-refractivity contribution in [2.45, 2.75) is 59.0 Å². The zero-order valence-corrected chi connectivity index (χ0v) is 13.8. The van der Waals surface area contributed by atoms with E-state index < -0.39 is 0 Å². The summed E-state index contributed by atoms with van der Waals surface area (Å²) in [6.07, 6.45) is 9.22. The monoisotopic (exact) mass is 332 g/mol. The van der Waals surface area contributed by atoms with Gasteiger partial charge >= 0.3 is 5.97 Å². The Bertz CT molecular complexity index is 378. The third-order valence-corrected chi connectivity index (χ3v) is 3.14. The van der Waals surface area contributed by atoms with Gasteiger partial charge in [0, 0.05) is 6.42 Å². The lowest BCUT2D eigenvalue weighted by Crippen LogP contribution is -3.00. The molecule has 0 N–H and O–H groups in total. The van der Waals surface area contributed by atoms with Crippen LogP contribution in [0.3, 0.4) is 0 Å². The number of unbranched alkanes of at least 4 members (excludes halogenated alkanes) is 2. The van der Waals surface area contributed by atoms with Gasteiger partial charge in [-0.15, -0.1) is 0 Å². The van der Waals surface area contributed by atoms with Crippen LogP contribution in [-0.4, -0.2) is 17.6 Å². The molecule has 1 rings (SSSR count). The average molecular weight is 333 g/mol. The van der Waals surface area contributed by atoms with Crippen LogP contribution in [0, 0.1) is 0 Å². The normalized spacial score (nSPS) is 10.1. The molecule has 0 unspecified atom stereocenters. The highest BCUT2D eigenvalue weighted by molar-refractivity contribution is 5.69. The van der Waals surface area contributed by atoms with Crippen molar-refractivity contribution < 1.29 is 31.1 Å². The SMILES string of the molecule is CCCCC[n+]1cc(CCC(=O)OC)n(CC)c1.[Br-]. The fourth-order valence-electron chi connectivity index (χ4n) is 2.04. The minimum Gasteiger partial charge on any atom is -1.00 e. The molecule has 4 nitrogen and oxygen atoms in total. The number of carbonyl (C=O) groups is 1. The summed E-state index contributed by atoms with van der Waals surface area (Å²) in [5.41, 5.74) is 1.21. The van der Waals surface area contributed by atoms with Gasteiger partial charge in [-0.3, -0.25) is 4.79 Å². The Hall–Kier alpha value is -0.840. The highest BCUT2D eigenvalue weighted by Gasteiger charge is 2.13. The molecular weight excluding hydrogens is 308 g/mol. The standard InChI is InChI=1S/C14H25N2O2.BrH/c1-4-6-7-10-15-11-13(16(5-2)12-15)8-9-14(17)18-3;/h11-12H,4-10H2,1-3H3;1H/q+1;/p-1. The molecule has 19 heavy (non-hydrogen) atoms. The molecule has 5 heteroatoms. The molecule has 0 aliphatic carbocycles. The lowest BCUT2D eigenvalue weighted by Gasteiger charge is -1.97. The van der Waals surface area contributed by atoms with Crippen molar-refractivity contribution in [3.63, 3.8) is 0 Å². The van der Waals surface area contributed by atoms with Gasteiger partial charge in [-0.05, 0) is 19.8 Å². The van der Waals surface area contributed by atoms with Gasteiger partial charge in [0.15, 0.2) is 0 Å². The average Bonchev–Trinajstić information content (AvgIpc) is 2.78. The van der Waals surface area contributed by atoms with Crippen LogP contribution >= 0.6 is 0 Å². The maximum absolute atomic E-state index is 11.2. The van der Waals surface area contributed by atoms with Gasteiger partial charge in [0.2, 0.25) is 6.33 Å². The van der Waals surface area contributed by atoms with Crippen LogP contribution in [0.4, 0.5) is 0 Å². The first-order valence-electron chi connectivity index (χ1n) is 6.86. The molecule has 1 aromatic heterocycles. The molecule has 0 spiro atoms. The van der Waals surface area contributed by atoms with Crippen molar-refractivity contribution in [2.75, 3.05) is 7.11 Å². The largest absolute Gasteiger partial charge is 1.00 e. The molecule has 0 bridgehead atoms. The van der Waals surface area contributed by atoms with Gasteiger partial charge in [0.1, 0.15) is 11.9 Å². The molecule has 0 aliphatic heterocycles. The van der Waals surface area contributed by atoms with Crippen LogP contribution in [0.5, 0.6) is 0 Å². The third-order valence-electron chi connectivity index (χ3n) is 3.14. The first kappa shape index (κ1) is 18.2. The van der Waals surface area contributed by atoms with Gasteiger partial charge in [0.05, 0.1) is 26.6 Å². The number of aromatic nitrogens is 2. The van der Waals surface area contributed by atoms with Crippen molar-refractivity contribution in [1.82, 2.24) is 4.57 Å². The van der Waals surface area contributed by atoms with Crippen molar-refractivity contribution >= 4 is 5.97 Å². The molecule has 0 radical (unpaired) electrons. The second-order valence-electron chi connectivity index (χ2n) is 4.54. The molecule has 0 saturated heterocycles. The number of ether oxygens (including phenoxy) is 1. The summed E-state index contributed by atoms with van der Waals surface area (Å²) in [6.45, 7) is 6.34. The Morgan fingerprint density at radius 3 is 2.68 bits per heavy atom. The topological polar surface area (TPSA) is 35.1 Å². The van der Waals surface area contributed by atoms with Crippen LogP contribution in [0.1, 0.15) is 45.2 Å². The predicted octanol–water partition coefficient (Wildman–Crippen LogP) is -0.905. The zero-order chi connectivity index (χ0) is 13.4. The summed E-state index contributed by atoms with van der Waals surface area (Å²) in [6, 6.07) is 0. The second-order valence-corrected chi connectivity index (χ2v) is 4.54. The Labute approximate surface area is 126 Å². The fraction of sp³-hybridized carbons (Fsp3) is 0.714. The van der Waals surface area contributed by atoms with E-state index in [2.05, 4.69) is 40.2 Å².